The van der Waals surface area contributed by atoms with E-state index in [1.165, 1.54) is 0 Å². The van der Waals surface area contributed by atoms with Gasteiger partial charge in [0.05, 0.1) is 5.69 Å². The number of nitrogens with zero attached hydrogens (tertiary/aromatic N) is 1. The quantitative estimate of drug-likeness (QED) is 0.774. The monoisotopic (exact) mass is 245 g/mol. The van der Waals surface area contributed by atoms with Crippen LogP contribution < -0.4 is 10.6 Å². The summed E-state index contributed by atoms with van der Waals surface area (Å²) in [6.07, 6.45) is 3.67. The number of phenolic OH excluding ortho intramolecular Hbond substituents is 1. The minimum absolute atomic E-state index is 0.192. The van der Waals surface area contributed by atoms with Gasteiger partial charge in [0.1, 0.15) is 5.75 Å². The minimum atomic E-state index is -0.274. The highest BCUT2D eigenvalue weighted by molar-refractivity contribution is 5.89. The molecule has 3 N–H and O–H groups in total. The molecule has 0 radical (unpaired) electrons. The number of carbonyl (C=O) groups excluding carboxylic acids is 1. The molecule has 1 heterocycles. The molecule has 5 heteroatoms. The number of amides is 2. The van der Waals surface area contributed by atoms with Crippen molar-refractivity contribution in [2.24, 2.45) is 7.05 Å². The van der Waals surface area contributed by atoms with Crippen LogP contribution in [0.2, 0.25) is 0 Å². The highest BCUT2D eigenvalue weighted by Crippen LogP contribution is 2.10. The molecule has 0 unspecified atom stereocenters. The van der Waals surface area contributed by atoms with E-state index in [0.29, 0.717) is 6.54 Å². The number of hydrogen-bond acceptors (Lipinski definition) is 2. The first-order chi connectivity index (χ1) is 8.63. The van der Waals surface area contributed by atoms with E-state index in [1.807, 2.05) is 36.1 Å². The second-order valence-electron chi connectivity index (χ2n) is 4.04. The molecule has 0 aliphatic rings. The van der Waals surface area contributed by atoms with Crippen molar-refractivity contribution in [3.8, 4) is 5.75 Å². The van der Waals surface area contributed by atoms with Gasteiger partial charge in [-0.1, -0.05) is 12.1 Å². The van der Waals surface area contributed by atoms with Gasteiger partial charge in [0.25, 0.3) is 0 Å². The molecule has 0 aliphatic carbocycles. The number of urea groups is 1. The second kappa shape index (κ2) is 5.27. The Kier molecular flexibility index (Phi) is 3.52. The minimum Gasteiger partial charge on any atom is -0.508 e. The van der Waals surface area contributed by atoms with E-state index in [1.54, 1.807) is 18.2 Å². The summed E-state index contributed by atoms with van der Waals surface area (Å²) < 4.78 is 1.85. The number of phenols is 1. The number of aryl methyl sites for hydroxylation is 1. The molecule has 18 heavy (non-hydrogen) atoms. The molecule has 0 atom stereocenters. The third-order valence-electron chi connectivity index (χ3n) is 2.45. The van der Waals surface area contributed by atoms with Crippen LogP contribution in [0.4, 0.5) is 10.5 Å². The fourth-order valence-corrected chi connectivity index (χ4v) is 1.60. The molecular weight excluding hydrogens is 230 g/mol. The second-order valence-corrected chi connectivity index (χ2v) is 4.04. The number of aromatic hydroxyl groups is 1. The predicted molar refractivity (Wildman–Crippen MR) is 69.4 cm³/mol. The number of anilines is 1. The van der Waals surface area contributed by atoms with E-state index in [2.05, 4.69) is 10.6 Å². The van der Waals surface area contributed by atoms with Gasteiger partial charge in [-0.3, -0.25) is 0 Å². The molecule has 0 saturated heterocycles. The van der Waals surface area contributed by atoms with Crippen LogP contribution >= 0.6 is 0 Å². The van der Waals surface area contributed by atoms with Crippen LogP contribution in [0.15, 0.2) is 42.7 Å². The van der Waals surface area contributed by atoms with Gasteiger partial charge in [-0.05, 0) is 23.8 Å². The average molecular weight is 245 g/mol. The van der Waals surface area contributed by atoms with Crippen LogP contribution in [-0.4, -0.2) is 15.7 Å². The predicted octanol–water partition coefficient (Wildman–Crippen LogP) is 2.05. The van der Waals surface area contributed by atoms with Gasteiger partial charge in [0.2, 0.25) is 0 Å². The van der Waals surface area contributed by atoms with Crippen LogP contribution in [-0.2, 0) is 13.6 Å². The Hall–Kier alpha value is -2.43. The zero-order valence-electron chi connectivity index (χ0n) is 10.1. The van der Waals surface area contributed by atoms with E-state index in [-0.39, 0.29) is 11.8 Å². The number of aromatic nitrogens is 1. The standard InChI is InChI=1S/C13H15N3O2/c1-16-6-5-11(9-16)15-13(18)14-8-10-3-2-4-12(17)7-10/h2-7,9,17H,8H2,1H3,(H2,14,15,18). The first-order valence-corrected chi connectivity index (χ1v) is 5.58. The van der Waals surface area contributed by atoms with Gasteiger partial charge < -0.3 is 20.3 Å². The lowest BCUT2D eigenvalue weighted by molar-refractivity contribution is 0.251. The Balaban J connectivity index is 1.85. The van der Waals surface area contributed by atoms with Crippen LogP contribution in [0.1, 0.15) is 5.56 Å². The first-order valence-electron chi connectivity index (χ1n) is 5.58. The van der Waals surface area contributed by atoms with E-state index in [0.717, 1.165) is 11.3 Å². The zero-order valence-corrected chi connectivity index (χ0v) is 10.1. The topological polar surface area (TPSA) is 66.3 Å². The van der Waals surface area contributed by atoms with E-state index in [9.17, 15) is 9.90 Å². The maximum Gasteiger partial charge on any atom is 0.319 e. The number of benzene rings is 1. The lowest BCUT2D eigenvalue weighted by atomic mass is 10.2. The van der Waals surface area contributed by atoms with Crippen molar-refractivity contribution in [3.05, 3.63) is 48.3 Å². The third-order valence-corrected chi connectivity index (χ3v) is 2.45. The summed E-state index contributed by atoms with van der Waals surface area (Å²) in [6, 6.07) is 8.32. The van der Waals surface area contributed by atoms with Crippen molar-refractivity contribution in [2.45, 2.75) is 6.54 Å². The SMILES string of the molecule is Cn1ccc(NC(=O)NCc2cccc(O)c2)c1. The molecule has 0 bridgehead atoms. The van der Waals surface area contributed by atoms with Crippen molar-refractivity contribution in [1.82, 2.24) is 9.88 Å². The number of rotatable bonds is 3. The largest absolute Gasteiger partial charge is 0.508 e. The summed E-state index contributed by atoms with van der Waals surface area (Å²) in [7, 11) is 1.88. The maximum absolute atomic E-state index is 11.6. The normalized spacial score (nSPS) is 10.1. The Labute approximate surface area is 105 Å². The molecule has 0 saturated carbocycles. The molecule has 0 aliphatic heterocycles. The highest BCUT2D eigenvalue weighted by atomic mass is 16.3. The Morgan fingerprint density at radius 1 is 1.39 bits per heavy atom. The summed E-state index contributed by atoms with van der Waals surface area (Å²) in [5, 5.41) is 14.7. The van der Waals surface area contributed by atoms with Crippen LogP contribution in [0.25, 0.3) is 0 Å². The Morgan fingerprint density at radius 3 is 2.89 bits per heavy atom. The summed E-state index contributed by atoms with van der Waals surface area (Å²) >= 11 is 0. The van der Waals surface area contributed by atoms with Gasteiger partial charge in [-0.25, -0.2) is 4.79 Å². The fourth-order valence-electron chi connectivity index (χ4n) is 1.60. The molecule has 2 aromatic rings. The summed E-state index contributed by atoms with van der Waals surface area (Å²) in [5.41, 5.74) is 1.59. The number of carbonyl (C=O) groups is 1. The van der Waals surface area contributed by atoms with Gasteiger partial charge >= 0.3 is 6.03 Å². The molecule has 1 aromatic heterocycles. The van der Waals surface area contributed by atoms with E-state index >= 15 is 0 Å². The molecule has 5 nitrogen and oxygen atoms in total. The van der Waals surface area contributed by atoms with Crippen molar-refractivity contribution in [3.63, 3.8) is 0 Å². The molecule has 2 amide bonds. The van der Waals surface area contributed by atoms with E-state index < -0.39 is 0 Å². The Bertz CT molecular complexity index is 549. The van der Waals surface area contributed by atoms with Crippen LogP contribution in [0.3, 0.4) is 0 Å². The first kappa shape index (κ1) is 12.0. The molecule has 1 aromatic carbocycles. The summed E-state index contributed by atoms with van der Waals surface area (Å²) in [6.45, 7) is 0.368. The maximum atomic E-state index is 11.6. The van der Waals surface area contributed by atoms with Crippen molar-refractivity contribution in [1.29, 1.82) is 0 Å². The van der Waals surface area contributed by atoms with Gasteiger partial charge in [-0.15, -0.1) is 0 Å². The van der Waals surface area contributed by atoms with Gasteiger partial charge in [0, 0.05) is 26.0 Å². The van der Waals surface area contributed by atoms with Crippen molar-refractivity contribution >= 4 is 11.7 Å². The van der Waals surface area contributed by atoms with Crippen LogP contribution in [0.5, 0.6) is 5.75 Å². The summed E-state index contributed by atoms with van der Waals surface area (Å²) in [4.78, 5) is 11.6. The molecule has 94 valence electrons. The fraction of sp³-hybridized carbons (Fsp3) is 0.154. The zero-order chi connectivity index (χ0) is 13.0. The molecule has 0 fully saturated rings. The average Bonchev–Trinajstić information content (AvgIpc) is 2.72. The van der Waals surface area contributed by atoms with E-state index in [4.69, 9.17) is 0 Å². The van der Waals surface area contributed by atoms with Gasteiger partial charge in [-0.2, -0.15) is 0 Å². The van der Waals surface area contributed by atoms with Crippen LogP contribution in [0, 0.1) is 0 Å². The molecule has 0 spiro atoms. The van der Waals surface area contributed by atoms with Crippen molar-refractivity contribution in [2.75, 3.05) is 5.32 Å². The molecule has 2 rings (SSSR count). The number of nitrogens with one attached hydrogen (secondary N) is 2. The molecular formula is C13H15N3O2. The number of hydrogen-bond donors (Lipinski definition) is 3. The van der Waals surface area contributed by atoms with Gasteiger partial charge in [0.15, 0.2) is 0 Å². The van der Waals surface area contributed by atoms with Crippen molar-refractivity contribution < 1.29 is 9.90 Å². The highest BCUT2D eigenvalue weighted by Gasteiger charge is 2.02. The lowest BCUT2D eigenvalue weighted by Crippen LogP contribution is -2.27. The Morgan fingerprint density at radius 2 is 2.22 bits per heavy atom. The third kappa shape index (κ3) is 3.28. The summed E-state index contributed by atoms with van der Waals surface area (Å²) in [5.74, 6) is 0.192. The smallest absolute Gasteiger partial charge is 0.319 e. The lowest BCUT2D eigenvalue weighted by Gasteiger charge is -2.06.